The van der Waals surface area contributed by atoms with E-state index in [1.165, 1.54) is 7.11 Å². The molecule has 3 aromatic rings. The average Bonchev–Trinajstić information content (AvgIpc) is 2.70. The Balaban J connectivity index is 1.84. The molecule has 0 aliphatic rings. The van der Waals surface area contributed by atoms with Crippen LogP contribution in [0.5, 0.6) is 11.5 Å². The normalized spacial score (nSPS) is 10.3. The van der Waals surface area contributed by atoms with Crippen molar-refractivity contribution < 1.29 is 14.3 Å². The SMILES string of the molecule is COc1cc(Nc2cc(C(=O)Nc3ccccc3C)ccn2)c(OC)cc1Cl. The number of ether oxygens (including phenoxy) is 2. The monoisotopic (exact) mass is 397 g/mol. The van der Waals surface area contributed by atoms with E-state index in [1.807, 2.05) is 31.2 Å². The Morgan fingerprint density at radius 2 is 1.75 bits per heavy atom. The van der Waals surface area contributed by atoms with Gasteiger partial charge in [-0.3, -0.25) is 4.79 Å². The van der Waals surface area contributed by atoms with Gasteiger partial charge in [0.25, 0.3) is 5.91 Å². The Morgan fingerprint density at radius 3 is 2.46 bits per heavy atom. The third kappa shape index (κ3) is 4.35. The molecule has 0 unspecified atom stereocenters. The molecule has 0 aliphatic heterocycles. The first-order chi connectivity index (χ1) is 13.5. The highest BCUT2D eigenvalue weighted by molar-refractivity contribution is 6.32. The van der Waals surface area contributed by atoms with Crippen molar-refractivity contribution in [1.29, 1.82) is 0 Å². The second kappa shape index (κ2) is 8.63. The molecule has 0 bridgehead atoms. The summed E-state index contributed by atoms with van der Waals surface area (Å²) in [5, 5.41) is 6.48. The summed E-state index contributed by atoms with van der Waals surface area (Å²) in [7, 11) is 3.08. The van der Waals surface area contributed by atoms with Gasteiger partial charge in [-0.25, -0.2) is 4.98 Å². The zero-order chi connectivity index (χ0) is 20.1. The summed E-state index contributed by atoms with van der Waals surface area (Å²) in [6.07, 6.45) is 1.56. The van der Waals surface area contributed by atoms with E-state index < -0.39 is 0 Å². The van der Waals surface area contributed by atoms with Crippen LogP contribution in [0.1, 0.15) is 15.9 Å². The number of rotatable bonds is 6. The van der Waals surface area contributed by atoms with Gasteiger partial charge in [0.05, 0.1) is 24.9 Å². The van der Waals surface area contributed by atoms with E-state index in [4.69, 9.17) is 21.1 Å². The van der Waals surface area contributed by atoms with Crippen LogP contribution >= 0.6 is 11.6 Å². The van der Waals surface area contributed by atoms with Crippen LogP contribution in [0, 0.1) is 6.92 Å². The van der Waals surface area contributed by atoms with Crippen molar-refractivity contribution in [2.45, 2.75) is 6.92 Å². The van der Waals surface area contributed by atoms with E-state index in [1.54, 1.807) is 37.6 Å². The highest BCUT2D eigenvalue weighted by atomic mass is 35.5. The average molecular weight is 398 g/mol. The van der Waals surface area contributed by atoms with Crippen LogP contribution in [-0.4, -0.2) is 25.1 Å². The Labute approximate surface area is 168 Å². The van der Waals surface area contributed by atoms with Crippen molar-refractivity contribution in [2.24, 2.45) is 0 Å². The molecule has 0 spiro atoms. The van der Waals surface area contributed by atoms with Gasteiger partial charge in [-0.2, -0.15) is 0 Å². The predicted molar refractivity (Wildman–Crippen MR) is 111 cm³/mol. The number of pyridine rings is 1. The minimum atomic E-state index is -0.222. The number of hydrogen-bond donors (Lipinski definition) is 2. The van der Waals surface area contributed by atoms with Crippen LogP contribution < -0.4 is 20.1 Å². The van der Waals surface area contributed by atoms with Gasteiger partial charge in [0, 0.05) is 29.6 Å². The molecule has 1 amide bonds. The highest BCUT2D eigenvalue weighted by Crippen LogP contribution is 2.37. The van der Waals surface area contributed by atoms with Gasteiger partial charge in [-0.05, 0) is 30.7 Å². The van der Waals surface area contributed by atoms with Gasteiger partial charge < -0.3 is 20.1 Å². The maximum Gasteiger partial charge on any atom is 0.255 e. The summed E-state index contributed by atoms with van der Waals surface area (Å²) in [4.78, 5) is 16.9. The minimum Gasteiger partial charge on any atom is -0.495 e. The number of benzene rings is 2. The molecule has 1 heterocycles. The Bertz CT molecular complexity index is 1010. The van der Waals surface area contributed by atoms with E-state index in [9.17, 15) is 4.79 Å². The van der Waals surface area contributed by atoms with Gasteiger partial charge in [0.1, 0.15) is 17.3 Å². The predicted octanol–water partition coefficient (Wildman–Crippen LogP) is 5.06. The topological polar surface area (TPSA) is 72.5 Å². The summed E-state index contributed by atoms with van der Waals surface area (Å²) < 4.78 is 10.6. The minimum absolute atomic E-state index is 0.222. The number of methoxy groups -OCH3 is 2. The van der Waals surface area contributed by atoms with Crippen molar-refractivity contribution in [1.82, 2.24) is 4.98 Å². The molecule has 6 nitrogen and oxygen atoms in total. The van der Waals surface area contributed by atoms with Gasteiger partial charge in [0.2, 0.25) is 0 Å². The lowest BCUT2D eigenvalue weighted by atomic mass is 10.2. The lowest BCUT2D eigenvalue weighted by molar-refractivity contribution is 0.102. The summed E-state index contributed by atoms with van der Waals surface area (Å²) in [6, 6.07) is 14.3. The second-order valence-corrected chi connectivity index (χ2v) is 6.42. The molecule has 7 heteroatoms. The number of carbonyl (C=O) groups excluding carboxylic acids is 1. The molecule has 0 atom stereocenters. The zero-order valence-corrected chi connectivity index (χ0v) is 16.5. The van der Waals surface area contributed by atoms with Crippen molar-refractivity contribution in [3.05, 3.63) is 70.9 Å². The number of para-hydroxylation sites is 1. The van der Waals surface area contributed by atoms with Gasteiger partial charge in [-0.15, -0.1) is 0 Å². The fourth-order valence-electron chi connectivity index (χ4n) is 2.64. The number of amides is 1. The smallest absolute Gasteiger partial charge is 0.255 e. The second-order valence-electron chi connectivity index (χ2n) is 6.01. The standard InChI is InChI=1S/C21H20ClN3O3/c1-13-6-4-5-7-16(13)25-21(26)14-8-9-23-20(10-14)24-17-12-18(27-2)15(22)11-19(17)28-3/h4-12H,1-3H3,(H,23,24)(H,25,26). The lowest BCUT2D eigenvalue weighted by Crippen LogP contribution is -2.13. The molecular formula is C21H20ClN3O3. The third-order valence-corrected chi connectivity index (χ3v) is 4.45. The van der Waals surface area contributed by atoms with Gasteiger partial charge in [-0.1, -0.05) is 29.8 Å². The number of nitrogens with one attached hydrogen (secondary N) is 2. The van der Waals surface area contributed by atoms with E-state index in [0.717, 1.165) is 11.3 Å². The lowest BCUT2D eigenvalue weighted by Gasteiger charge is -2.14. The summed E-state index contributed by atoms with van der Waals surface area (Å²) in [5.41, 5.74) is 2.84. The molecule has 0 saturated carbocycles. The molecule has 0 aliphatic carbocycles. The van der Waals surface area contributed by atoms with Gasteiger partial charge >= 0.3 is 0 Å². The molecule has 3 rings (SSSR count). The molecular weight excluding hydrogens is 378 g/mol. The van der Waals surface area contributed by atoms with Crippen molar-refractivity contribution in [3.63, 3.8) is 0 Å². The number of aromatic nitrogens is 1. The number of nitrogens with zero attached hydrogens (tertiary/aromatic N) is 1. The molecule has 28 heavy (non-hydrogen) atoms. The van der Waals surface area contributed by atoms with E-state index in [0.29, 0.717) is 33.6 Å². The van der Waals surface area contributed by atoms with Crippen LogP contribution in [0.2, 0.25) is 5.02 Å². The van der Waals surface area contributed by atoms with Crippen LogP contribution in [0.25, 0.3) is 0 Å². The zero-order valence-electron chi connectivity index (χ0n) is 15.7. The van der Waals surface area contributed by atoms with Crippen LogP contribution in [-0.2, 0) is 0 Å². The number of halogens is 1. The summed E-state index contributed by atoms with van der Waals surface area (Å²) in [6.45, 7) is 1.94. The van der Waals surface area contributed by atoms with E-state index >= 15 is 0 Å². The summed E-state index contributed by atoms with van der Waals surface area (Å²) >= 11 is 6.14. The first kappa shape index (κ1) is 19.5. The molecule has 0 fully saturated rings. The first-order valence-electron chi connectivity index (χ1n) is 8.53. The van der Waals surface area contributed by atoms with Crippen LogP contribution in [0.3, 0.4) is 0 Å². The number of aryl methyl sites for hydroxylation is 1. The van der Waals surface area contributed by atoms with E-state index in [2.05, 4.69) is 15.6 Å². The van der Waals surface area contributed by atoms with Crippen LogP contribution in [0.4, 0.5) is 17.2 Å². The van der Waals surface area contributed by atoms with Crippen molar-refractivity contribution in [2.75, 3.05) is 24.9 Å². The molecule has 2 aromatic carbocycles. The van der Waals surface area contributed by atoms with E-state index in [-0.39, 0.29) is 5.91 Å². The molecule has 1 aromatic heterocycles. The Hall–Kier alpha value is -3.25. The Kier molecular flexibility index (Phi) is 6.01. The fourth-order valence-corrected chi connectivity index (χ4v) is 2.87. The maximum absolute atomic E-state index is 12.6. The van der Waals surface area contributed by atoms with Crippen molar-refractivity contribution >= 4 is 34.7 Å². The highest BCUT2D eigenvalue weighted by Gasteiger charge is 2.13. The number of carbonyl (C=O) groups is 1. The third-order valence-electron chi connectivity index (χ3n) is 4.15. The first-order valence-corrected chi connectivity index (χ1v) is 8.91. The van der Waals surface area contributed by atoms with Crippen LogP contribution in [0.15, 0.2) is 54.7 Å². The Morgan fingerprint density at radius 1 is 1.00 bits per heavy atom. The number of hydrogen-bond acceptors (Lipinski definition) is 5. The van der Waals surface area contributed by atoms with Crippen molar-refractivity contribution in [3.8, 4) is 11.5 Å². The quantitative estimate of drug-likeness (QED) is 0.608. The fraction of sp³-hybridized carbons (Fsp3) is 0.143. The maximum atomic E-state index is 12.6. The van der Waals surface area contributed by atoms with Gasteiger partial charge in [0.15, 0.2) is 0 Å². The molecule has 144 valence electrons. The largest absolute Gasteiger partial charge is 0.495 e. The molecule has 0 saturated heterocycles. The number of anilines is 3. The summed E-state index contributed by atoms with van der Waals surface area (Å²) in [5.74, 6) is 1.29. The molecule has 0 radical (unpaired) electrons. The molecule has 2 N–H and O–H groups in total.